The third-order valence-electron chi connectivity index (χ3n) is 8.63. The molecule has 2 aromatic carbocycles. The van der Waals surface area contributed by atoms with Crippen LogP contribution in [0.4, 0.5) is 13.9 Å². The summed E-state index contributed by atoms with van der Waals surface area (Å²) >= 11 is 14.3. The molecular formula is C30H27Cl2F2N3O3S. The molecule has 4 aromatic rings. The Kier molecular flexibility index (Phi) is 6.84. The van der Waals surface area contributed by atoms with Crippen LogP contribution in [0.5, 0.6) is 0 Å². The number of nitrogens with zero attached hydrogens (tertiary/aromatic N) is 3. The molecule has 6 nitrogen and oxygen atoms in total. The van der Waals surface area contributed by atoms with Crippen LogP contribution < -0.4 is 4.90 Å². The first-order valence-electron chi connectivity index (χ1n) is 13.7. The Balaban J connectivity index is 1.07. The summed E-state index contributed by atoms with van der Waals surface area (Å²) in [5.74, 6) is 0.434. The molecule has 3 fully saturated rings. The zero-order valence-electron chi connectivity index (χ0n) is 22.3. The number of halogens is 4. The number of carbonyl (C=O) groups excluding carboxylic acids is 1. The first kappa shape index (κ1) is 27.3. The predicted octanol–water partition coefficient (Wildman–Crippen LogP) is 8.39. The van der Waals surface area contributed by atoms with E-state index in [0.29, 0.717) is 62.2 Å². The van der Waals surface area contributed by atoms with Crippen LogP contribution in [0, 0.1) is 11.2 Å². The van der Waals surface area contributed by atoms with E-state index in [4.69, 9.17) is 32.5 Å². The summed E-state index contributed by atoms with van der Waals surface area (Å²) in [6.45, 7) is 1.85. The van der Waals surface area contributed by atoms with Crippen LogP contribution >= 0.6 is 34.5 Å². The van der Waals surface area contributed by atoms with Gasteiger partial charge < -0.3 is 14.2 Å². The van der Waals surface area contributed by atoms with Gasteiger partial charge in [-0.05, 0) is 68.7 Å². The van der Waals surface area contributed by atoms with Gasteiger partial charge in [-0.1, -0.05) is 45.8 Å². The molecule has 0 amide bonds. The monoisotopic (exact) mass is 617 g/mol. The summed E-state index contributed by atoms with van der Waals surface area (Å²) in [5.41, 5.74) is 2.59. The van der Waals surface area contributed by atoms with Crippen LogP contribution in [-0.2, 0) is 11.3 Å². The molecule has 3 heterocycles. The second-order valence-electron chi connectivity index (χ2n) is 11.6. The number of carbonyl (C=O) groups is 1. The summed E-state index contributed by atoms with van der Waals surface area (Å²) in [4.78, 5) is 18.3. The summed E-state index contributed by atoms with van der Waals surface area (Å²) in [6, 6.07) is 7.91. The van der Waals surface area contributed by atoms with Crippen LogP contribution in [0.15, 0.2) is 34.9 Å². The Morgan fingerprint density at radius 3 is 2.66 bits per heavy atom. The van der Waals surface area contributed by atoms with Crippen LogP contribution in [0.2, 0.25) is 10.0 Å². The van der Waals surface area contributed by atoms with E-state index in [2.05, 4.69) is 10.1 Å². The second kappa shape index (κ2) is 10.3. The van der Waals surface area contributed by atoms with Crippen molar-refractivity contribution >= 4 is 55.7 Å². The molecule has 41 heavy (non-hydrogen) atoms. The molecule has 2 saturated carbocycles. The summed E-state index contributed by atoms with van der Waals surface area (Å²) in [5, 5.41) is 5.94. The Hall–Kier alpha value is -2.59. The number of hydrogen-bond acceptors (Lipinski definition) is 7. The quantitative estimate of drug-likeness (QED) is 0.185. The van der Waals surface area contributed by atoms with Gasteiger partial charge in [0.1, 0.15) is 23.6 Å². The smallest absolute Gasteiger partial charge is 0.186 e. The maximum absolute atomic E-state index is 14.7. The molecule has 7 rings (SSSR count). The average molecular weight is 619 g/mol. The first-order chi connectivity index (χ1) is 19.7. The summed E-state index contributed by atoms with van der Waals surface area (Å²) < 4.78 is 41.6. The highest BCUT2D eigenvalue weighted by Crippen LogP contribution is 2.54. The molecule has 11 heteroatoms. The summed E-state index contributed by atoms with van der Waals surface area (Å²) in [6.07, 6.45) is 4.38. The SMILES string of the molecule is CC(=O)c1cc(F)c2nc(N3CC4(CC(OCc5c(-c6c(Cl)cccc6Cl)noc5C5CC5)C4)C[C@H]3CF)sc2c1. The first-order valence-corrected chi connectivity index (χ1v) is 15.3. The number of thiazole rings is 1. The van der Waals surface area contributed by atoms with E-state index >= 15 is 0 Å². The van der Waals surface area contributed by atoms with Gasteiger partial charge in [0, 0.05) is 29.2 Å². The average Bonchev–Trinajstić information content (AvgIpc) is 3.35. The molecule has 3 aliphatic rings. The summed E-state index contributed by atoms with van der Waals surface area (Å²) in [7, 11) is 0. The van der Waals surface area contributed by atoms with Crippen molar-refractivity contribution in [2.45, 2.75) is 63.7 Å². The number of ether oxygens (including phenoxy) is 1. The Morgan fingerprint density at radius 2 is 1.98 bits per heavy atom. The van der Waals surface area contributed by atoms with E-state index in [9.17, 15) is 13.6 Å². The molecule has 1 atom stereocenters. The van der Waals surface area contributed by atoms with Gasteiger partial charge in [-0.2, -0.15) is 0 Å². The van der Waals surface area contributed by atoms with Crippen molar-refractivity contribution in [3.05, 3.63) is 63.1 Å². The lowest BCUT2D eigenvalue weighted by Gasteiger charge is -2.44. The van der Waals surface area contributed by atoms with E-state index in [1.807, 2.05) is 4.90 Å². The van der Waals surface area contributed by atoms with Crippen molar-refractivity contribution < 1.29 is 22.8 Å². The van der Waals surface area contributed by atoms with Crippen molar-refractivity contribution in [1.29, 1.82) is 0 Å². The third kappa shape index (κ3) is 4.84. The molecule has 2 aliphatic carbocycles. The number of hydrogen-bond donors (Lipinski definition) is 0. The molecule has 0 unspecified atom stereocenters. The van der Waals surface area contributed by atoms with Gasteiger partial charge >= 0.3 is 0 Å². The number of aromatic nitrogens is 2. The molecule has 0 bridgehead atoms. The lowest BCUT2D eigenvalue weighted by Crippen LogP contribution is -2.44. The minimum atomic E-state index is -0.533. The Labute approximate surface area is 249 Å². The Morgan fingerprint density at radius 1 is 1.22 bits per heavy atom. The molecule has 1 saturated heterocycles. The second-order valence-corrected chi connectivity index (χ2v) is 13.4. The topological polar surface area (TPSA) is 68.5 Å². The van der Waals surface area contributed by atoms with Gasteiger partial charge in [0.15, 0.2) is 16.7 Å². The minimum Gasteiger partial charge on any atom is -0.373 e. The van der Waals surface area contributed by atoms with E-state index in [0.717, 1.165) is 37.0 Å². The predicted molar refractivity (Wildman–Crippen MR) is 155 cm³/mol. The molecule has 2 aromatic heterocycles. The molecule has 0 radical (unpaired) electrons. The minimum absolute atomic E-state index is 0.0117. The highest BCUT2D eigenvalue weighted by atomic mass is 35.5. The fourth-order valence-electron chi connectivity index (χ4n) is 6.40. The molecular weight excluding hydrogens is 591 g/mol. The van der Waals surface area contributed by atoms with Crippen LogP contribution in [0.1, 0.15) is 66.6 Å². The molecule has 0 N–H and O–H groups in total. The third-order valence-corrected chi connectivity index (χ3v) is 10.3. The van der Waals surface area contributed by atoms with E-state index < -0.39 is 12.5 Å². The lowest BCUT2D eigenvalue weighted by molar-refractivity contribution is -0.0808. The van der Waals surface area contributed by atoms with Gasteiger partial charge in [-0.25, -0.2) is 13.8 Å². The number of rotatable bonds is 8. The van der Waals surface area contributed by atoms with Crippen molar-refractivity contribution in [2.75, 3.05) is 18.1 Å². The zero-order chi connectivity index (χ0) is 28.5. The van der Waals surface area contributed by atoms with Crippen molar-refractivity contribution in [2.24, 2.45) is 5.41 Å². The fourth-order valence-corrected chi connectivity index (χ4v) is 8.07. The lowest BCUT2D eigenvalue weighted by atomic mass is 9.65. The maximum atomic E-state index is 14.7. The van der Waals surface area contributed by atoms with E-state index in [-0.39, 0.29) is 28.9 Å². The number of alkyl halides is 1. The van der Waals surface area contributed by atoms with Crippen molar-refractivity contribution in [3.8, 4) is 11.3 Å². The van der Waals surface area contributed by atoms with Gasteiger partial charge in [0.25, 0.3) is 0 Å². The number of benzene rings is 2. The number of anilines is 1. The highest BCUT2D eigenvalue weighted by molar-refractivity contribution is 7.22. The van der Waals surface area contributed by atoms with Crippen molar-refractivity contribution in [3.63, 3.8) is 0 Å². The van der Waals surface area contributed by atoms with Crippen LogP contribution in [0.3, 0.4) is 0 Å². The van der Waals surface area contributed by atoms with E-state index in [1.54, 1.807) is 24.3 Å². The van der Waals surface area contributed by atoms with Crippen LogP contribution in [0.25, 0.3) is 21.5 Å². The van der Waals surface area contributed by atoms with Crippen molar-refractivity contribution in [1.82, 2.24) is 10.1 Å². The zero-order valence-corrected chi connectivity index (χ0v) is 24.6. The standard InChI is InChI=1S/C30H27Cl2F2N3O3S/c1-15(38)17-7-23(34)27-24(8-17)41-29(35-27)37-14-30(9-18(37)12-33)10-19(11-30)39-13-20-26(36-40-28(20)16-5-6-16)25-21(31)3-2-4-22(25)32/h2-4,7-8,16,18-19H,5-6,9-14H2,1H3/t18-,19?,30?/m0/s1. The van der Waals surface area contributed by atoms with Crippen LogP contribution in [-0.4, -0.2) is 41.3 Å². The normalized spacial score (nSPS) is 24.0. The Bertz CT molecular complexity index is 1640. The van der Waals surface area contributed by atoms with Gasteiger partial charge in [-0.3, -0.25) is 4.79 Å². The number of fused-ring (bicyclic) bond motifs is 1. The molecule has 214 valence electrons. The van der Waals surface area contributed by atoms with Gasteiger partial charge in [-0.15, -0.1) is 0 Å². The largest absolute Gasteiger partial charge is 0.373 e. The van der Waals surface area contributed by atoms with Gasteiger partial charge in [0.2, 0.25) is 0 Å². The fraction of sp³-hybridized carbons (Fsp3) is 0.433. The highest BCUT2D eigenvalue weighted by Gasteiger charge is 2.53. The number of Topliss-reactive ketones (excluding diaryl/α,β-unsaturated/α-hetero) is 1. The molecule has 1 aliphatic heterocycles. The van der Waals surface area contributed by atoms with E-state index in [1.165, 1.54) is 24.3 Å². The molecule has 1 spiro atoms. The maximum Gasteiger partial charge on any atom is 0.186 e. The van der Waals surface area contributed by atoms with Gasteiger partial charge in [0.05, 0.1) is 33.5 Å². The number of ketones is 1.